The highest BCUT2D eigenvalue weighted by Crippen LogP contribution is 2.18. The molecule has 0 heterocycles. The van der Waals surface area contributed by atoms with Gasteiger partial charge in [0.1, 0.15) is 22.6 Å². The SMILES string of the molecule is COC(=O)C(CS(=O)(=O)c1ccc(F)cc1F)NC(C)=O. The highest BCUT2D eigenvalue weighted by atomic mass is 32.2. The minimum absolute atomic E-state index is 0.415. The van der Waals surface area contributed by atoms with E-state index >= 15 is 0 Å². The van der Waals surface area contributed by atoms with Crippen molar-refractivity contribution in [3.8, 4) is 0 Å². The molecule has 116 valence electrons. The van der Waals surface area contributed by atoms with E-state index in [4.69, 9.17) is 0 Å². The summed E-state index contributed by atoms with van der Waals surface area (Å²) in [6.07, 6.45) is 0. The van der Waals surface area contributed by atoms with Crippen LogP contribution >= 0.6 is 0 Å². The zero-order chi connectivity index (χ0) is 16.2. The molecule has 0 bridgehead atoms. The first-order chi connectivity index (χ1) is 9.67. The average Bonchev–Trinajstić information content (AvgIpc) is 2.35. The second-order valence-corrected chi connectivity index (χ2v) is 6.14. The van der Waals surface area contributed by atoms with E-state index in [0.29, 0.717) is 6.07 Å². The summed E-state index contributed by atoms with van der Waals surface area (Å²) in [6, 6.07) is 0.462. The molecule has 1 atom stereocenters. The number of hydrogen-bond acceptors (Lipinski definition) is 5. The summed E-state index contributed by atoms with van der Waals surface area (Å²) in [5.41, 5.74) is 0. The van der Waals surface area contributed by atoms with E-state index in [0.717, 1.165) is 26.2 Å². The van der Waals surface area contributed by atoms with Crippen molar-refractivity contribution in [3.05, 3.63) is 29.8 Å². The lowest BCUT2D eigenvalue weighted by molar-refractivity contribution is -0.144. The molecule has 0 saturated heterocycles. The molecular formula is C12H13F2NO5S. The van der Waals surface area contributed by atoms with Gasteiger partial charge in [0.2, 0.25) is 5.91 Å². The van der Waals surface area contributed by atoms with Crippen LogP contribution in [0.25, 0.3) is 0 Å². The number of carbonyl (C=O) groups is 2. The van der Waals surface area contributed by atoms with Gasteiger partial charge in [-0.1, -0.05) is 0 Å². The van der Waals surface area contributed by atoms with Crippen LogP contribution in [0.1, 0.15) is 6.92 Å². The van der Waals surface area contributed by atoms with E-state index in [-0.39, 0.29) is 0 Å². The van der Waals surface area contributed by atoms with Gasteiger partial charge in [-0.2, -0.15) is 0 Å². The number of amides is 1. The summed E-state index contributed by atoms with van der Waals surface area (Å²) >= 11 is 0. The molecule has 1 rings (SSSR count). The van der Waals surface area contributed by atoms with Crippen molar-refractivity contribution in [1.82, 2.24) is 5.32 Å². The summed E-state index contributed by atoms with van der Waals surface area (Å²) in [4.78, 5) is 21.7. The average molecular weight is 321 g/mol. The highest BCUT2D eigenvalue weighted by molar-refractivity contribution is 7.91. The topological polar surface area (TPSA) is 89.5 Å². The second kappa shape index (κ2) is 6.61. The summed E-state index contributed by atoms with van der Waals surface area (Å²) in [5.74, 6) is -4.75. The maximum absolute atomic E-state index is 13.5. The van der Waals surface area contributed by atoms with Gasteiger partial charge < -0.3 is 10.1 Å². The van der Waals surface area contributed by atoms with Gasteiger partial charge in [0.05, 0.1) is 12.9 Å². The molecule has 0 spiro atoms. The number of methoxy groups -OCH3 is 1. The Morgan fingerprint density at radius 2 is 1.95 bits per heavy atom. The number of carbonyl (C=O) groups excluding carboxylic acids is 2. The van der Waals surface area contributed by atoms with Crippen molar-refractivity contribution in [1.29, 1.82) is 0 Å². The zero-order valence-corrected chi connectivity index (χ0v) is 12.0. The molecule has 1 aromatic carbocycles. The Labute approximate surface area is 120 Å². The number of hydrogen-bond donors (Lipinski definition) is 1. The molecule has 0 aliphatic heterocycles. The Bertz CT molecular complexity index is 660. The molecule has 0 radical (unpaired) electrons. The van der Waals surface area contributed by atoms with Crippen LogP contribution in [-0.2, 0) is 24.2 Å². The number of rotatable bonds is 5. The van der Waals surface area contributed by atoms with E-state index in [1.54, 1.807) is 0 Å². The largest absolute Gasteiger partial charge is 0.467 e. The molecule has 0 aromatic heterocycles. The first-order valence-electron chi connectivity index (χ1n) is 5.70. The molecule has 0 aliphatic rings. The van der Waals surface area contributed by atoms with Gasteiger partial charge in [0, 0.05) is 13.0 Å². The fourth-order valence-electron chi connectivity index (χ4n) is 1.59. The lowest BCUT2D eigenvalue weighted by atomic mass is 10.3. The van der Waals surface area contributed by atoms with Crippen molar-refractivity contribution in [3.63, 3.8) is 0 Å². The van der Waals surface area contributed by atoms with Crippen molar-refractivity contribution in [2.45, 2.75) is 17.9 Å². The molecule has 0 fully saturated rings. The number of nitrogens with one attached hydrogen (secondary N) is 1. The molecule has 9 heteroatoms. The van der Waals surface area contributed by atoms with Crippen LogP contribution in [0.4, 0.5) is 8.78 Å². The number of benzene rings is 1. The Kier molecular flexibility index (Phi) is 5.36. The van der Waals surface area contributed by atoms with Crippen molar-refractivity contribution < 1.29 is 31.5 Å². The quantitative estimate of drug-likeness (QED) is 0.627. The third-order valence-electron chi connectivity index (χ3n) is 2.48. The molecule has 1 N–H and O–H groups in total. The minimum atomic E-state index is -4.26. The zero-order valence-electron chi connectivity index (χ0n) is 11.2. The minimum Gasteiger partial charge on any atom is -0.467 e. The second-order valence-electron chi connectivity index (χ2n) is 4.13. The number of halogens is 2. The van der Waals surface area contributed by atoms with E-state index in [1.165, 1.54) is 0 Å². The molecular weight excluding hydrogens is 308 g/mol. The van der Waals surface area contributed by atoms with Gasteiger partial charge >= 0.3 is 5.97 Å². The fourth-order valence-corrected chi connectivity index (χ4v) is 3.06. The van der Waals surface area contributed by atoms with Crippen LogP contribution in [0, 0.1) is 11.6 Å². The molecule has 21 heavy (non-hydrogen) atoms. The van der Waals surface area contributed by atoms with Crippen LogP contribution in [0.2, 0.25) is 0 Å². The van der Waals surface area contributed by atoms with Crippen molar-refractivity contribution in [2.75, 3.05) is 12.9 Å². The first-order valence-corrected chi connectivity index (χ1v) is 7.35. The van der Waals surface area contributed by atoms with Crippen molar-refractivity contribution in [2.24, 2.45) is 0 Å². The molecule has 1 unspecified atom stereocenters. The standard InChI is InChI=1S/C12H13F2NO5S/c1-7(16)15-10(12(17)20-2)6-21(18,19)11-4-3-8(13)5-9(11)14/h3-5,10H,6H2,1-2H3,(H,15,16). The third kappa shape index (κ3) is 4.48. The third-order valence-corrected chi connectivity index (χ3v) is 4.25. The van der Waals surface area contributed by atoms with E-state index in [1.807, 2.05) is 0 Å². The highest BCUT2D eigenvalue weighted by Gasteiger charge is 2.30. The molecule has 0 saturated carbocycles. The Hall–Kier alpha value is -2.03. The smallest absolute Gasteiger partial charge is 0.329 e. The van der Waals surface area contributed by atoms with Crippen LogP contribution in [0.3, 0.4) is 0 Å². The van der Waals surface area contributed by atoms with Crippen LogP contribution < -0.4 is 5.32 Å². The van der Waals surface area contributed by atoms with Gasteiger partial charge in [-0.25, -0.2) is 22.0 Å². The van der Waals surface area contributed by atoms with Crippen molar-refractivity contribution >= 4 is 21.7 Å². The van der Waals surface area contributed by atoms with E-state index in [2.05, 4.69) is 10.1 Å². The molecule has 0 aliphatic carbocycles. The molecule has 1 amide bonds. The van der Waals surface area contributed by atoms with Gasteiger partial charge in [0.15, 0.2) is 9.84 Å². The number of esters is 1. The normalized spacial score (nSPS) is 12.6. The van der Waals surface area contributed by atoms with Crippen LogP contribution in [-0.4, -0.2) is 39.2 Å². The lowest BCUT2D eigenvalue weighted by Crippen LogP contribution is -2.45. The summed E-state index contributed by atoms with van der Waals surface area (Å²) < 4.78 is 54.8. The first kappa shape index (κ1) is 17.0. The summed E-state index contributed by atoms with van der Waals surface area (Å²) in [6.45, 7) is 1.08. The van der Waals surface area contributed by atoms with Gasteiger partial charge in [-0.05, 0) is 12.1 Å². The van der Waals surface area contributed by atoms with Gasteiger partial charge in [0.25, 0.3) is 0 Å². The van der Waals surface area contributed by atoms with Gasteiger partial charge in [-0.15, -0.1) is 0 Å². The Morgan fingerprint density at radius 1 is 1.33 bits per heavy atom. The molecule has 6 nitrogen and oxygen atoms in total. The van der Waals surface area contributed by atoms with Gasteiger partial charge in [-0.3, -0.25) is 4.79 Å². The Morgan fingerprint density at radius 3 is 2.43 bits per heavy atom. The summed E-state index contributed by atoms with van der Waals surface area (Å²) in [5, 5.41) is 2.10. The molecule has 1 aromatic rings. The Balaban J connectivity index is 3.11. The maximum atomic E-state index is 13.5. The predicted molar refractivity (Wildman–Crippen MR) is 68.0 cm³/mol. The number of sulfone groups is 1. The van der Waals surface area contributed by atoms with Crippen LogP contribution in [0.15, 0.2) is 23.1 Å². The number of ether oxygens (including phenoxy) is 1. The predicted octanol–water partition coefficient (Wildman–Crippen LogP) is 0.416. The van der Waals surface area contributed by atoms with Crippen LogP contribution in [0.5, 0.6) is 0 Å². The lowest BCUT2D eigenvalue weighted by Gasteiger charge is -2.15. The maximum Gasteiger partial charge on any atom is 0.329 e. The summed E-state index contributed by atoms with van der Waals surface area (Å²) in [7, 11) is -3.25. The van der Waals surface area contributed by atoms with E-state index in [9.17, 15) is 26.8 Å². The fraction of sp³-hybridized carbons (Fsp3) is 0.333. The monoisotopic (exact) mass is 321 g/mol. The van der Waals surface area contributed by atoms with E-state index < -0.39 is 50.0 Å².